The average molecular weight is 601 g/mol. The summed E-state index contributed by atoms with van der Waals surface area (Å²) in [4.78, 5) is 10.2. The number of nitrogens with zero attached hydrogens (tertiary/aromatic N) is 2. The van der Waals surface area contributed by atoms with Crippen LogP contribution < -0.4 is 0 Å². The van der Waals surface area contributed by atoms with E-state index in [0.717, 1.165) is 66.5 Å². The highest BCUT2D eigenvalue weighted by Gasteiger charge is 2.14. The van der Waals surface area contributed by atoms with E-state index in [1.165, 1.54) is 16.5 Å². The number of para-hydroxylation sites is 2. The van der Waals surface area contributed by atoms with E-state index in [0.29, 0.717) is 5.82 Å². The van der Waals surface area contributed by atoms with Crippen molar-refractivity contribution in [2.75, 3.05) is 0 Å². The molecule has 3 heteroatoms. The molecule has 0 spiro atoms. The SMILES string of the molecule is c1ccc(-c2ccc(-c3cc(-c4ccc(-c5cccc6c5oc5ccccc56)cc4)nc(-c4ccc5ccccc5c4)n3)cc2)cc1. The Morgan fingerprint density at radius 3 is 1.70 bits per heavy atom. The molecule has 0 atom stereocenters. The molecule has 0 fully saturated rings. The van der Waals surface area contributed by atoms with E-state index in [2.05, 4.69) is 152 Å². The summed E-state index contributed by atoms with van der Waals surface area (Å²) in [5, 5.41) is 4.62. The molecule has 9 rings (SSSR count). The quantitative estimate of drug-likeness (QED) is 0.197. The minimum atomic E-state index is 0.700. The van der Waals surface area contributed by atoms with E-state index < -0.39 is 0 Å². The lowest BCUT2D eigenvalue weighted by Crippen LogP contribution is -1.96. The second-order valence-corrected chi connectivity index (χ2v) is 11.8. The van der Waals surface area contributed by atoms with Crippen molar-refractivity contribution >= 4 is 32.7 Å². The highest BCUT2D eigenvalue weighted by molar-refractivity contribution is 6.09. The van der Waals surface area contributed by atoms with Crippen LogP contribution in [0.1, 0.15) is 0 Å². The van der Waals surface area contributed by atoms with Gasteiger partial charge in [0.2, 0.25) is 0 Å². The molecule has 0 bridgehead atoms. The predicted octanol–water partition coefficient (Wildman–Crippen LogP) is 11.9. The summed E-state index contributed by atoms with van der Waals surface area (Å²) < 4.78 is 6.33. The van der Waals surface area contributed by atoms with Crippen molar-refractivity contribution in [2.24, 2.45) is 0 Å². The Morgan fingerprint density at radius 1 is 0.362 bits per heavy atom. The molecule has 2 aromatic heterocycles. The van der Waals surface area contributed by atoms with Crippen molar-refractivity contribution in [1.82, 2.24) is 9.97 Å². The zero-order chi connectivity index (χ0) is 31.2. The van der Waals surface area contributed by atoms with Crippen LogP contribution in [0.4, 0.5) is 0 Å². The lowest BCUT2D eigenvalue weighted by Gasteiger charge is -2.11. The molecule has 7 aromatic carbocycles. The van der Waals surface area contributed by atoms with Crippen molar-refractivity contribution in [2.45, 2.75) is 0 Å². The van der Waals surface area contributed by atoms with Crippen LogP contribution in [0.15, 0.2) is 174 Å². The maximum Gasteiger partial charge on any atom is 0.160 e. The minimum Gasteiger partial charge on any atom is -0.455 e. The second kappa shape index (κ2) is 11.2. The number of rotatable bonds is 5. The maximum atomic E-state index is 6.33. The summed E-state index contributed by atoms with van der Waals surface area (Å²) in [5.74, 6) is 0.700. The molecule has 3 nitrogen and oxygen atoms in total. The summed E-state index contributed by atoms with van der Waals surface area (Å²) in [5.41, 5.74) is 11.2. The fourth-order valence-electron chi connectivity index (χ4n) is 6.46. The van der Waals surface area contributed by atoms with Gasteiger partial charge in [-0.15, -0.1) is 0 Å². The zero-order valence-electron chi connectivity index (χ0n) is 25.5. The Labute approximate surface area is 272 Å². The maximum absolute atomic E-state index is 6.33. The van der Waals surface area contributed by atoms with Crippen LogP contribution in [0.3, 0.4) is 0 Å². The Morgan fingerprint density at radius 2 is 0.936 bits per heavy atom. The van der Waals surface area contributed by atoms with Crippen molar-refractivity contribution in [3.8, 4) is 56.2 Å². The van der Waals surface area contributed by atoms with Gasteiger partial charge < -0.3 is 4.42 Å². The van der Waals surface area contributed by atoms with E-state index in [4.69, 9.17) is 14.4 Å². The smallest absolute Gasteiger partial charge is 0.160 e. The first-order valence-corrected chi connectivity index (χ1v) is 15.8. The molecule has 47 heavy (non-hydrogen) atoms. The van der Waals surface area contributed by atoms with E-state index in [9.17, 15) is 0 Å². The zero-order valence-corrected chi connectivity index (χ0v) is 25.5. The molecule has 220 valence electrons. The Bertz CT molecular complexity index is 2550. The molecule has 0 amide bonds. The van der Waals surface area contributed by atoms with Gasteiger partial charge in [0.05, 0.1) is 11.4 Å². The van der Waals surface area contributed by atoms with Crippen LogP contribution in [0, 0.1) is 0 Å². The van der Waals surface area contributed by atoms with Gasteiger partial charge in [-0.1, -0.05) is 152 Å². The van der Waals surface area contributed by atoms with E-state index >= 15 is 0 Å². The third-order valence-electron chi connectivity index (χ3n) is 8.92. The summed E-state index contributed by atoms with van der Waals surface area (Å²) >= 11 is 0. The lowest BCUT2D eigenvalue weighted by atomic mass is 9.99. The van der Waals surface area contributed by atoms with E-state index in [1.54, 1.807) is 0 Å². The van der Waals surface area contributed by atoms with Crippen molar-refractivity contribution in [3.05, 3.63) is 170 Å². The first kappa shape index (κ1) is 27.0. The molecule has 0 aliphatic carbocycles. The first-order valence-electron chi connectivity index (χ1n) is 15.8. The third-order valence-corrected chi connectivity index (χ3v) is 8.92. The van der Waals surface area contributed by atoms with Gasteiger partial charge in [-0.05, 0) is 45.7 Å². The van der Waals surface area contributed by atoms with Gasteiger partial charge in [-0.3, -0.25) is 0 Å². The van der Waals surface area contributed by atoms with Crippen LogP contribution in [0.5, 0.6) is 0 Å². The van der Waals surface area contributed by atoms with Crippen molar-refractivity contribution in [3.63, 3.8) is 0 Å². The molecule has 0 unspecified atom stereocenters. The number of hydrogen-bond donors (Lipinski definition) is 0. The number of furan rings is 1. The van der Waals surface area contributed by atoms with Gasteiger partial charge in [0.1, 0.15) is 11.2 Å². The lowest BCUT2D eigenvalue weighted by molar-refractivity contribution is 0.670. The molecule has 0 aliphatic rings. The van der Waals surface area contributed by atoms with Crippen LogP contribution in [-0.4, -0.2) is 9.97 Å². The van der Waals surface area contributed by atoms with E-state index in [1.807, 2.05) is 18.2 Å². The van der Waals surface area contributed by atoms with Gasteiger partial charge in [0, 0.05) is 33.0 Å². The number of aromatic nitrogens is 2. The molecule has 0 N–H and O–H groups in total. The molecule has 2 heterocycles. The fraction of sp³-hybridized carbons (Fsp3) is 0. The van der Waals surface area contributed by atoms with Gasteiger partial charge in [0.15, 0.2) is 5.82 Å². The fourth-order valence-corrected chi connectivity index (χ4v) is 6.46. The Kier molecular flexibility index (Phi) is 6.46. The highest BCUT2D eigenvalue weighted by atomic mass is 16.3. The van der Waals surface area contributed by atoms with Crippen LogP contribution in [0.2, 0.25) is 0 Å². The first-order chi connectivity index (χ1) is 23.3. The third kappa shape index (κ3) is 4.95. The molecule has 0 aliphatic heterocycles. The topological polar surface area (TPSA) is 38.9 Å². The van der Waals surface area contributed by atoms with Crippen molar-refractivity contribution < 1.29 is 4.42 Å². The highest BCUT2D eigenvalue weighted by Crippen LogP contribution is 2.37. The monoisotopic (exact) mass is 600 g/mol. The Hall–Kier alpha value is -6.32. The molecule has 0 saturated carbocycles. The molecule has 0 radical (unpaired) electrons. The summed E-state index contributed by atoms with van der Waals surface area (Å²) in [6.07, 6.45) is 0. The Balaban J connectivity index is 1.14. The minimum absolute atomic E-state index is 0.700. The number of fused-ring (bicyclic) bond motifs is 4. The number of benzene rings is 7. The standard InChI is InChI=1S/C44H28N2O/c1-2-9-29(10-3-1)31-17-22-33(23-18-31)40-28-41(46-44(45-40)36-26-19-30-11-4-5-12-35(30)27-36)34-24-20-32(21-25-34)37-14-8-15-39-38-13-6-7-16-42(38)47-43(37)39/h1-28H. The predicted molar refractivity (Wildman–Crippen MR) is 194 cm³/mol. The average Bonchev–Trinajstić information content (AvgIpc) is 3.54. The largest absolute Gasteiger partial charge is 0.455 e. The van der Waals surface area contributed by atoms with Crippen LogP contribution in [0.25, 0.3) is 88.9 Å². The van der Waals surface area contributed by atoms with Crippen molar-refractivity contribution in [1.29, 1.82) is 0 Å². The van der Waals surface area contributed by atoms with Crippen LogP contribution in [-0.2, 0) is 0 Å². The van der Waals surface area contributed by atoms with Gasteiger partial charge in [-0.25, -0.2) is 9.97 Å². The van der Waals surface area contributed by atoms with Gasteiger partial charge >= 0.3 is 0 Å². The second-order valence-electron chi connectivity index (χ2n) is 11.8. The molecule has 0 saturated heterocycles. The van der Waals surface area contributed by atoms with Crippen LogP contribution >= 0.6 is 0 Å². The number of hydrogen-bond acceptors (Lipinski definition) is 3. The van der Waals surface area contributed by atoms with E-state index in [-0.39, 0.29) is 0 Å². The van der Waals surface area contributed by atoms with Gasteiger partial charge in [0.25, 0.3) is 0 Å². The molecular formula is C44H28N2O. The summed E-state index contributed by atoms with van der Waals surface area (Å²) in [7, 11) is 0. The molecule has 9 aromatic rings. The molecular weight excluding hydrogens is 572 g/mol. The summed E-state index contributed by atoms with van der Waals surface area (Å²) in [6, 6.07) is 59.1. The van der Waals surface area contributed by atoms with Gasteiger partial charge in [-0.2, -0.15) is 0 Å². The normalized spacial score (nSPS) is 11.4. The summed E-state index contributed by atoms with van der Waals surface area (Å²) in [6.45, 7) is 0.